The molecule has 0 saturated carbocycles. The summed E-state index contributed by atoms with van der Waals surface area (Å²) in [5, 5.41) is 0. The van der Waals surface area contributed by atoms with E-state index in [1.807, 2.05) is 0 Å². The van der Waals surface area contributed by atoms with Crippen LogP contribution in [0.1, 0.15) is 158 Å². The van der Waals surface area contributed by atoms with E-state index in [2.05, 4.69) is 55.4 Å². The second-order valence-electron chi connectivity index (χ2n) is 11.9. The minimum absolute atomic E-state index is 1.35. The molecule has 0 rings (SSSR count). The van der Waals surface area contributed by atoms with E-state index >= 15 is 0 Å². The fourth-order valence-electron chi connectivity index (χ4n) is 5.29. The maximum atomic E-state index is 5.03. The van der Waals surface area contributed by atoms with Crippen LogP contribution in [0.5, 0.6) is 0 Å². The maximum absolute atomic E-state index is 5.03. The van der Waals surface area contributed by atoms with Crippen LogP contribution in [0.4, 0.5) is 0 Å². The Labute approximate surface area is 315 Å². The van der Waals surface area contributed by atoms with Crippen molar-refractivity contribution in [2.75, 3.05) is 52.4 Å². The van der Waals surface area contributed by atoms with Gasteiger partial charge in [-0.3, -0.25) is 0 Å². The number of hydrogen-bond acceptors (Lipinski definition) is 0. The van der Waals surface area contributed by atoms with E-state index in [9.17, 15) is 0 Å². The molecule has 0 N–H and O–H groups in total. The summed E-state index contributed by atoms with van der Waals surface area (Å²) in [5.74, 6) is 0. The molecule has 0 aliphatic heterocycles. The average molecular weight is 1140 g/mol. The molecule has 0 saturated heterocycles. The van der Waals surface area contributed by atoms with Gasteiger partial charge >= 0.3 is 99.1 Å². The molecule has 0 atom stereocenters. The summed E-state index contributed by atoms with van der Waals surface area (Å²) in [6.45, 7) is 30.0. The fraction of sp³-hybridized carbons (Fsp3) is 1.00. The molecule has 0 aromatic carbocycles. The molecule has 0 heterocycles. The van der Waals surface area contributed by atoms with Gasteiger partial charge in [0.2, 0.25) is 0 Å². The molecule has 44 heavy (non-hydrogen) atoms. The number of quaternary nitrogens is 2. The molecule has 0 bridgehead atoms. The Bertz CT molecular complexity index is 430. The van der Waals surface area contributed by atoms with Crippen molar-refractivity contribution in [2.45, 2.75) is 158 Å². The fourth-order valence-corrected chi connectivity index (χ4v) is 5.29. The van der Waals surface area contributed by atoms with Gasteiger partial charge in [-0.2, -0.15) is 0 Å². The van der Waals surface area contributed by atoms with Gasteiger partial charge < -0.3 is 8.97 Å². The standard InChI is InChI=1S/2C16H36N.8ClH.2Re/c2*1-5-9-13-17(14-10-6-2,15-11-7-3)16-12-8-4;;;;;;;;;;/h2*5-16H2,1-4H3;8*1H;;/q2*+1;;;;;;;;;2*+4/p-8. The number of unbranched alkanes of at least 4 members (excludes halogenated alkanes) is 8. The zero-order valence-electron chi connectivity index (χ0n) is 29.6. The van der Waals surface area contributed by atoms with E-state index in [0.29, 0.717) is 0 Å². The van der Waals surface area contributed by atoms with Crippen LogP contribution in [0.3, 0.4) is 0 Å². The van der Waals surface area contributed by atoms with Crippen LogP contribution < -0.4 is 0 Å². The van der Waals surface area contributed by atoms with Crippen molar-refractivity contribution in [3.8, 4) is 0 Å². The molecule has 2 nitrogen and oxygen atoms in total. The van der Waals surface area contributed by atoms with E-state index in [-0.39, 0.29) is 0 Å². The van der Waals surface area contributed by atoms with Gasteiger partial charge in [0.1, 0.15) is 0 Å². The summed E-state index contributed by atoms with van der Waals surface area (Å²) in [5.41, 5.74) is 0. The van der Waals surface area contributed by atoms with Gasteiger partial charge in [0, 0.05) is 0 Å². The van der Waals surface area contributed by atoms with Crippen molar-refractivity contribution in [2.24, 2.45) is 0 Å². The zero-order valence-corrected chi connectivity index (χ0v) is 41.1. The van der Waals surface area contributed by atoms with Gasteiger partial charge in [-0.25, -0.2) is 0 Å². The first kappa shape index (κ1) is 54.3. The summed E-state index contributed by atoms with van der Waals surface area (Å²) < 4.78 is 2.84. The first-order chi connectivity index (χ1) is 20.5. The minimum atomic E-state index is -3.22. The third-order valence-electron chi connectivity index (χ3n) is 7.89. The van der Waals surface area contributed by atoms with Crippen LogP contribution in [-0.4, -0.2) is 61.3 Å². The SMILES string of the molecule is CCCC[N+](CCCC)(CCCC)CCCC.CCCC[N+](CCCC)(CCCC)CCCC.[Cl][Re]([Cl])([Cl])[Cl].[Cl][Re]([Cl])([Cl])[Cl]. The molecule has 12 heteroatoms. The van der Waals surface area contributed by atoms with Crippen molar-refractivity contribution in [1.82, 2.24) is 0 Å². The van der Waals surface area contributed by atoms with Crippen LogP contribution in [0.2, 0.25) is 0 Å². The molecule has 0 unspecified atom stereocenters. The van der Waals surface area contributed by atoms with Gasteiger partial charge in [-0.15, -0.1) is 0 Å². The number of halogens is 8. The van der Waals surface area contributed by atoms with Crippen molar-refractivity contribution >= 4 is 76.2 Å². The van der Waals surface area contributed by atoms with Gasteiger partial charge in [0.25, 0.3) is 0 Å². The number of nitrogens with zero attached hydrogens (tertiary/aromatic N) is 2. The van der Waals surface area contributed by atoms with Crippen molar-refractivity contribution in [3.63, 3.8) is 0 Å². The van der Waals surface area contributed by atoms with Crippen molar-refractivity contribution < 1.29 is 31.9 Å². The Morgan fingerprint density at radius 1 is 0.273 bits per heavy atom. The molecule has 0 aliphatic carbocycles. The second kappa shape index (κ2) is 36.4. The van der Waals surface area contributed by atoms with Gasteiger partial charge in [-0.05, 0) is 51.4 Å². The molecular formula is C32H72Cl8N2Re2+2. The Morgan fingerprint density at radius 3 is 0.432 bits per heavy atom. The van der Waals surface area contributed by atoms with Crippen LogP contribution in [0.15, 0.2) is 0 Å². The summed E-state index contributed by atoms with van der Waals surface area (Å²) >= 11 is -6.44. The van der Waals surface area contributed by atoms with Gasteiger partial charge in [0.05, 0.1) is 52.4 Å². The molecule has 278 valence electrons. The molecule has 0 radical (unpaired) electrons. The zero-order chi connectivity index (χ0) is 35.0. The summed E-state index contributed by atoms with van der Waals surface area (Å²) in [4.78, 5) is 0. The molecule has 0 aliphatic rings. The van der Waals surface area contributed by atoms with Crippen LogP contribution in [0.25, 0.3) is 0 Å². The molecule has 0 spiro atoms. The Kier molecular flexibility index (Phi) is 44.9. The van der Waals surface area contributed by atoms with Crippen molar-refractivity contribution in [1.29, 1.82) is 0 Å². The van der Waals surface area contributed by atoms with E-state index in [4.69, 9.17) is 76.2 Å². The first-order valence-electron chi connectivity index (χ1n) is 17.3. The molecule has 0 amide bonds. The summed E-state index contributed by atoms with van der Waals surface area (Å²) in [6.07, 6.45) is 22.1. The van der Waals surface area contributed by atoms with Gasteiger partial charge in [-0.1, -0.05) is 107 Å². The Morgan fingerprint density at radius 2 is 0.364 bits per heavy atom. The second-order valence-corrected chi connectivity index (χ2v) is 59.0. The molecule has 0 fully saturated rings. The van der Waals surface area contributed by atoms with Crippen LogP contribution in [-0.2, 0) is 22.9 Å². The topological polar surface area (TPSA) is 0 Å². The average Bonchev–Trinajstić information content (AvgIpc) is 2.94. The normalized spacial score (nSPS) is 12.7. The molecule has 0 aromatic rings. The first-order valence-corrected chi connectivity index (χ1v) is 44.3. The van der Waals surface area contributed by atoms with E-state index in [0.717, 1.165) is 0 Å². The van der Waals surface area contributed by atoms with Crippen LogP contribution in [0, 0.1) is 0 Å². The third-order valence-corrected chi connectivity index (χ3v) is 7.89. The summed E-state index contributed by atoms with van der Waals surface area (Å²) in [6, 6.07) is 0. The Hall–Kier alpha value is 3.56. The monoisotopic (exact) mass is 1140 g/mol. The quantitative estimate of drug-likeness (QED) is 0.0845. The predicted octanol–water partition coefficient (Wildman–Crippen LogP) is 15.5. The van der Waals surface area contributed by atoms with E-state index in [1.54, 1.807) is 0 Å². The van der Waals surface area contributed by atoms with E-state index < -0.39 is 22.9 Å². The molecular weight excluding hydrogens is 1070 g/mol. The number of hydrogen-bond donors (Lipinski definition) is 0. The molecule has 0 aromatic heterocycles. The van der Waals surface area contributed by atoms with Crippen molar-refractivity contribution in [3.05, 3.63) is 0 Å². The van der Waals surface area contributed by atoms with Gasteiger partial charge in [0.15, 0.2) is 0 Å². The summed E-state index contributed by atoms with van der Waals surface area (Å²) in [7, 11) is 40.2. The Balaban J connectivity index is -0.000000278. The predicted molar refractivity (Wildman–Crippen MR) is 206 cm³/mol. The van der Waals surface area contributed by atoms with E-state index in [1.165, 1.54) is 164 Å². The van der Waals surface area contributed by atoms with Crippen LogP contribution >= 0.6 is 76.2 Å². The third kappa shape index (κ3) is 47.7. The number of rotatable bonds is 24.